The summed E-state index contributed by atoms with van der Waals surface area (Å²) in [7, 11) is 0. The molecule has 0 radical (unpaired) electrons. The maximum absolute atomic E-state index is 5.92. The molecule has 0 aliphatic carbocycles. The van der Waals surface area contributed by atoms with E-state index in [1.165, 1.54) is 5.56 Å². The lowest BCUT2D eigenvalue weighted by atomic mass is 10.1. The second-order valence-corrected chi connectivity index (χ2v) is 7.78. The number of hydrogen-bond acceptors (Lipinski definition) is 5. The van der Waals surface area contributed by atoms with Crippen molar-refractivity contribution in [2.45, 2.75) is 19.4 Å². The highest BCUT2D eigenvalue weighted by atomic mass is 16.5. The Bertz CT molecular complexity index is 1340. The Morgan fingerprint density at radius 3 is 2.27 bits per heavy atom. The number of rotatable bonds is 8. The molecule has 0 aliphatic rings. The third-order valence-electron chi connectivity index (χ3n) is 5.41. The zero-order valence-corrected chi connectivity index (χ0v) is 18.1. The van der Waals surface area contributed by atoms with Gasteiger partial charge in [0.25, 0.3) is 0 Å². The number of ether oxygens (including phenoxy) is 1. The first-order valence-corrected chi connectivity index (χ1v) is 10.9. The number of nitrogens with zero attached hydrogens (tertiary/aromatic N) is 4. The number of pyridine rings is 1. The second kappa shape index (κ2) is 9.87. The van der Waals surface area contributed by atoms with Crippen LogP contribution in [0.4, 0.5) is 0 Å². The van der Waals surface area contributed by atoms with Gasteiger partial charge in [-0.2, -0.15) is 0 Å². The summed E-state index contributed by atoms with van der Waals surface area (Å²) >= 11 is 0. The van der Waals surface area contributed by atoms with Crippen LogP contribution in [-0.2, 0) is 19.4 Å². The maximum atomic E-state index is 5.92. The van der Waals surface area contributed by atoms with Crippen LogP contribution >= 0.6 is 0 Å². The number of H-pyrrole nitrogens is 1. The fraction of sp³-hybridized carbons (Fsp3) is 0.111. The molecular weight excluding hydrogens is 410 g/mol. The summed E-state index contributed by atoms with van der Waals surface area (Å²) in [5, 5.41) is 15.0. The first-order chi connectivity index (χ1) is 16.3. The van der Waals surface area contributed by atoms with Crippen molar-refractivity contribution in [1.29, 1.82) is 0 Å². The topological polar surface area (TPSA) is 76.6 Å². The largest absolute Gasteiger partial charge is 0.487 e. The summed E-state index contributed by atoms with van der Waals surface area (Å²) < 4.78 is 5.92. The summed E-state index contributed by atoms with van der Waals surface area (Å²) in [5.41, 5.74) is 5.43. The van der Waals surface area contributed by atoms with Crippen molar-refractivity contribution in [1.82, 2.24) is 25.6 Å². The lowest BCUT2D eigenvalue weighted by molar-refractivity contribution is 0.302. The van der Waals surface area contributed by atoms with Gasteiger partial charge in [-0.15, -0.1) is 5.10 Å². The number of aromatic amines is 1. The van der Waals surface area contributed by atoms with Crippen LogP contribution in [0.5, 0.6) is 5.75 Å². The van der Waals surface area contributed by atoms with Gasteiger partial charge in [-0.05, 0) is 57.8 Å². The Labute approximate surface area is 192 Å². The number of aromatic nitrogens is 5. The molecule has 0 spiro atoms. The predicted molar refractivity (Wildman–Crippen MR) is 129 cm³/mol. The van der Waals surface area contributed by atoms with Crippen molar-refractivity contribution in [2.75, 3.05) is 0 Å². The van der Waals surface area contributed by atoms with Gasteiger partial charge in [0.1, 0.15) is 18.2 Å². The van der Waals surface area contributed by atoms with E-state index in [4.69, 9.17) is 4.74 Å². The van der Waals surface area contributed by atoms with Gasteiger partial charge in [-0.25, -0.2) is 10.1 Å². The van der Waals surface area contributed by atoms with Gasteiger partial charge < -0.3 is 4.74 Å². The molecule has 5 aromatic rings. The summed E-state index contributed by atoms with van der Waals surface area (Å²) in [6.07, 6.45) is 5.91. The van der Waals surface area contributed by atoms with Crippen molar-refractivity contribution in [3.63, 3.8) is 0 Å². The number of benzene rings is 3. The molecule has 6 nitrogen and oxygen atoms in total. The molecule has 0 bridgehead atoms. The van der Waals surface area contributed by atoms with Crippen LogP contribution in [0.25, 0.3) is 23.1 Å². The first kappa shape index (κ1) is 20.6. The summed E-state index contributed by atoms with van der Waals surface area (Å²) in [6.45, 7) is 0.444. The highest BCUT2D eigenvalue weighted by Gasteiger charge is 2.01. The standard InChI is InChI=1S/C27H23N5O/c1-2-4-26-23(3-1)14-15-24(28-26)19-33-25-16-11-22(12-17-25)10-7-20-5-8-21(9-6-20)13-18-27-29-31-32-30-27/h1-12,14-17H,13,18-19H2,(H,29,30,31,32)/b10-7+. The van der Waals surface area contributed by atoms with Gasteiger partial charge in [0.15, 0.2) is 0 Å². The average Bonchev–Trinajstić information content (AvgIpc) is 3.40. The highest BCUT2D eigenvalue weighted by Crippen LogP contribution is 2.18. The van der Waals surface area contributed by atoms with Crippen molar-refractivity contribution >= 4 is 23.1 Å². The molecule has 33 heavy (non-hydrogen) atoms. The van der Waals surface area contributed by atoms with Crippen molar-refractivity contribution in [3.05, 3.63) is 113 Å². The summed E-state index contributed by atoms with van der Waals surface area (Å²) in [6, 6.07) is 28.8. The smallest absolute Gasteiger partial charge is 0.148 e. The zero-order chi connectivity index (χ0) is 22.3. The van der Waals surface area contributed by atoms with Gasteiger partial charge in [0, 0.05) is 11.8 Å². The van der Waals surface area contributed by atoms with Gasteiger partial charge in [-0.1, -0.05) is 72.8 Å². The van der Waals surface area contributed by atoms with E-state index >= 15 is 0 Å². The van der Waals surface area contributed by atoms with E-state index in [0.717, 1.165) is 52.1 Å². The van der Waals surface area contributed by atoms with Crippen LogP contribution in [0.1, 0.15) is 28.2 Å². The molecule has 3 aromatic carbocycles. The Balaban J connectivity index is 1.14. The molecular formula is C27H23N5O. The number of aryl methyl sites for hydroxylation is 2. The van der Waals surface area contributed by atoms with Crippen molar-refractivity contribution < 1.29 is 4.74 Å². The lowest BCUT2D eigenvalue weighted by Gasteiger charge is -2.07. The fourth-order valence-corrected chi connectivity index (χ4v) is 3.56. The molecule has 6 heteroatoms. The number of tetrazole rings is 1. The third-order valence-corrected chi connectivity index (χ3v) is 5.41. The number of hydrogen-bond donors (Lipinski definition) is 1. The van der Waals surface area contributed by atoms with Crippen molar-refractivity contribution in [2.24, 2.45) is 0 Å². The minimum absolute atomic E-state index is 0.444. The molecule has 0 aliphatic heterocycles. The molecule has 162 valence electrons. The first-order valence-electron chi connectivity index (χ1n) is 10.9. The highest BCUT2D eigenvalue weighted by molar-refractivity contribution is 5.78. The van der Waals surface area contributed by atoms with Crippen LogP contribution < -0.4 is 4.74 Å². The van der Waals surface area contributed by atoms with E-state index in [1.807, 2.05) is 36.4 Å². The molecule has 0 atom stereocenters. The van der Waals surface area contributed by atoms with E-state index in [9.17, 15) is 0 Å². The number of nitrogens with one attached hydrogen (secondary N) is 1. The van der Waals surface area contributed by atoms with Crippen LogP contribution in [0, 0.1) is 0 Å². The summed E-state index contributed by atoms with van der Waals surface area (Å²) in [5.74, 6) is 1.63. The molecule has 5 rings (SSSR count). The Hall–Kier alpha value is -4.32. The minimum atomic E-state index is 0.444. The Morgan fingerprint density at radius 2 is 1.52 bits per heavy atom. The lowest BCUT2D eigenvalue weighted by Crippen LogP contribution is -1.98. The normalized spacial score (nSPS) is 11.3. The molecule has 0 saturated carbocycles. The Kier molecular flexibility index (Phi) is 6.15. The molecule has 1 N–H and O–H groups in total. The molecule has 0 amide bonds. The quantitative estimate of drug-likeness (QED) is 0.337. The molecule has 0 fully saturated rings. The van der Waals surface area contributed by atoms with Gasteiger partial charge in [-0.3, -0.25) is 0 Å². The molecule has 2 aromatic heterocycles. The summed E-state index contributed by atoms with van der Waals surface area (Å²) in [4.78, 5) is 4.66. The molecule has 0 saturated heterocycles. The number of para-hydroxylation sites is 1. The van der Waals surface area contributed by atoms with Crippen LogP contribution in [0.2, 0.25) is 0 Å². The monoisotopic (exact) mass is 433 g/mol. The van der Waals surface area contributed by atoms with Crippen LogP contribution in [0.15, 0.2) is 84.9 Å². The van der Waals surface area contributed by atoms with E-state index in [2.05, 4.69) is 86.3 Å². The van der Waals surface area contributed by atoms with Gasteiger partial charge in [0.2, 0.25) is 0 Å². The predicted octanol–water partition coefficient (Wildman–Crippen LogP) is 5.28. The number of fused-ring (bicyclic) bond motifs is 1. The zero-order valence-electron chi connectivity index (χ0n) is 18.1. The average molecular weight is 434 g/mol. The third kappa shape index (κ3) is 5.49. The SMILES string of the molecule is C(=C\c1ccc(OCc2ccc3ccccc3n2)cc1)/c1ccc(CCc2nnn[nH]2)cc1. The fourth-order valence-electron chi connectivity index (χ4n) is 3.56. The van der Waals surface area contributed by atoms with E-state index in [0.29, 0.717) is 6.61 Å². The molecule has 0 unspecified atom stereocenters. The van der Waals surface area contributed by atoms with Gasteiger partial charge >= 0.3 is 0 Å². The minimum Gasteiger partial charge on any atom is -0.487 e. The maximum Gasteiger partial charge on any atom is 0.148 e. The second-order valence-electron chi connectivity index (χ2n) is 7.78. The van der Waals surface area contributed by atoms with Crippen molar-refractivity contribution in [3.8, 4) is 5.75 Å². The van der Waals surface area contributed by atoms with E-state index in [-0.39, 0.29) is 0 Å². The van der Waals surface area contributed by atoms with E-state index in [1.54, 1.807) is 0 Å². The van der Waals surface area contributed by atoms with Gasteiger partial charge in [0.05, 0.1) is 11.2 Å². The van der Waals surface area contributed by atoms with Crippen LogP contribution in [0.3, 0.4) is 0 Å². The van der Waals surface area contributed by atoms with E-state index < -0.39 is 0 Å². The van der Waals surface area contributed by atoms with Crippen LogP contribution in [-0.4, -0.2) is 25.6 Å². The molecule has 2 heterocycles. The Morgan fingerprint density at radius 1 is 0.758 bits per heavy atom.